The normalized spacial score (nSPS) is 24.6. The van der Waals surface area contributed by atoms with Crippen LogP contribution in [-0.2, 0) is 18.4 Å². The van der Waals surface area contributed by atoms with Crippen LogP contribution in [0, 0.1) is 0 Å². The average molecular weight is 236 g/mol. The highest BCUT2D eigenvalue weighted by molar-refractivity contribution is 5.85. The zero-order chi connectivity index (χ0) is 12.3. The maximum Gasteiger partial charge on any atom is 0.240 e. The number of aryl methyl sites for hydroxylation is 1. The predicted molar refractivity (Wildman–Crippen MR) is 65.3 cm³/mol. The molecule has 94 valence electrons. The van der Waals surface area contributed by atoms with Crippen molar-refractivity contribution in [1.29, 1.82) is 0 Å². The molecule has 1 aliphatic rings. The van der Waals surface area contributed by atoms with Crippen LogP contribution in [0.1, 0.15) is 31.9 Å². The van der Waals surface area contributed by atoms with E-state index in [-0.39, 0.29) is 5.91 Å². The van der Waals surface area contributed by atoms with Crippen molar-refractivity contribution in [1.82, 2.24) is 20.4 Å². The lowest BCUT2D eigenvalue weighted by atomic mass is 9.90. The molecule has 1 atom stereocenters. The van der Waals surface area contributed by atoms with E-state index < -0.39 is 5.54 Å². The first kappa shape index (κ1) is 12.1. The lowest BCUT2D eigenvalue weighted by molar-refractivity contribution is -0.128. The quantitative estimate of drug-likeness (QED) is 0.806. The van der Waals surface area contributed by atoms with Gasteiger partial charge in [-0.3, -0.25) is 9.48 Å². The standard InChI is InChI=1S/C12H20N4O/c1-12(6-3-4-7-14-12)11(17)13-9-10-5-8-15-16(10)2/h5,8,14H,3-4,6-7,9H2,1-2H3,(H,13,17). The molecule has 5 heteroatoms. The Morgan fingerprint density at radius 2 is 2.47 bits per heavy atom. The van der Waals surface area contributed by atoms with Crippen molar-refractivity contribution >= 4 is 5.91 Å². The van der Waals surface area contributed by atoms with Gasteiger partial charge in [0.15, 0.2) is 0 Å². The number of nitrogens with zero attached hydrogens (tertiary/aromatic N) is 2. The van der Waals surface area contributed by atoms with Gasteiger partial charge in [-0.2, -0.15) is 5.10 Å². The molecule has 0 aliphatic carbocycles. The third kappa shape index (κ3) is 2.66. The highest BCUT2D eigenvalue weighted by atomic mass is 16.2. The zero-order valence-corrected chi connectivity index (χ0v) is 10.5. The summed E-state index contributed by atoms with van der Waals surface area (Å²) in [7, 11) is 1.88. The summed E-state index contributed by atoms with van der Waals surface area (Å²) in [5.74, 6) is 0.0819. The van der Waals surface area contributed by atoms with Crippen molar-refractivity contribution < 1.29 is 4.79 Å². The minimum atomic E-state index is -0.406. The topological polar surface area (TPSA) is 59.0 Å². The molecular weight excluding hydrogens is 216 g/mol. The molecule has 0 saturated carbocycles. The molecule has 2 N–H and O–H groups in total. The van der Waals surface area contributed by atoms with E-state index in [1.165, 1.54) is 0 Å². The second kappa shape index (κ2) is 4.87. The Hall–Kier alpha value is -1.36. The average Bonchev–Trinajstić information content (AvgIpc) is 2.73. The molecule has 2 heterocycles. The molecule has 1 fully saturated rings. The Morgan fingerprint density at radius 1 is 1.65 bits per heavy atom. The van der Waals surface area contributed by atoms with E-state index in [0.717, 1.165) is 31.5 Å². The molecule has 0 aromatic carbocycles. The minimum Gasteiger partial charge on any atom is -0.349 e. The largest absolute Gasteiger partial charge is 0.349 e. The molecule has 1 amide bonds. The Bertz CT molecular complexity index is 393. The number of carbonyl (C=O) groups excluding carboxylic acids is 1. The predicted octanol–water partition coefficient (Wildman–Crippen LogP) is 0.568. The number of hydrogen-bond donors (Lipinski definition) is 2. The van der Waals surface area contributed by atoms with E-state index in [1.54, 1.807) is 10.9 Å². The smallest absolute Gasteiger partial charge is 0.240 e. The molecule has 1 saturated heterocycles. The molecule has 0 spiro atoms. The molecule has 17 heavy (non-hydrogen) atoms. The molecule has 2 rings (SSSR count). The van der Waals surface area contributed by atoms with Crippen LogP contribution in [0.5, 0.6) is 0 Å². The lowest BCUT2D eigenvalue weighted by Crippen LogP contribution is -2.56. The molecule has 0 bridgehead atoms. The summed E-state index contributed by atoms with van der Waals surface area (Å²) in [6.07, 6.45) is 4.92. The van der Waals surface area contributed by atoms with Gasteiger partial charge < -0.3 is 10.6 Å². The summed E-state index contributed by atoms with van der Waals surface area (Å²) in [5, 5.41) is 10.4. The van der Waals surface area contributed by atoms with E-state index in [2.05, 4.69) is 15.7 Å². The van der Waals surface area contributed by atoms with Crippen LogP contribution in [0.4, 0.5) is 0 Å². The summed E-state index contributed by atoms with van der Waals surface area (Å²) in [5.41, 5.74) is 0.606. The maximum absolute atomic E-state index is 12.1. The number of piperidine rings is 1. The van der Waals surface area contributed by atoms with Crippen LogP contribution in [0.2, 0.25) is 0 Å². The number of rotatable bonds is 3. The van der Waals surface area contributed by atoms with Crippen molar-refractivity contribution in [3.8, 4) is 0 Å². The number of aromatic nitrogens is 2. The lowest BCUT2D eigenvalue weighted by Gasteiger charge is -2.33. The molecule has 1 unspecified atom stereocenters. The monoisotopic (exact) mass is 236 g/mol. The summed E-state index contributed by atoms with van der Waals surface area (Å²) >= 11 is 0. The van der Waals surface area contributed by atoms with Gasteiger partial charge in [0.05, 0.1) is 17.8 Å². The Balaban J connectivity index is 1.91. The molecular formula is C12H20N4O. The molecule has 1 aromatic heterocycles. The van der Waals surface area contributed by atoms with Crippen LogP contribution >= 0.6 is 0 Å². The third-order valence-corrected chi connectivity index (χ3v) is 3.47. The number of hydrogen-bond acceptors (Lipinski definition) is 3. The van der Waals surface area contributed by atoms with E-state index in [9.17, 15) is 4.79 Å². The first-order valence-electron chi connectivity index (χ1n) is 6.12. The minimum absolute atomic E-state index is 0.0819. The zero-order valence-electron chi connectivity index (χ0n) is 10.5. The van der Waals surface area contributed by atoms with Crippen molar-refractivity contribution in [2.75, 3.05) is 6.54 Å². The summed E-state index contributed by atoms with van der Waals surface area (Å²) in [4.78, 5) is 12.1. The van der Waals surface area contributed by atoms with Crippen LogP contribution in [0.25, 0.3) is 0 Å². The highest BCUT2D eigenvalue weighted by Gasteiger charge is 2.33. The van der Waals surface area contributed by atoms with Gasteiger partial charge in [0.1, 0.15) is 0 Å². The molecule has 0 radical (unpaired) electrons. The van der Waals surface area contributed by atoms with Gasteiger partial charge in [0.25, 0.3) is 0 Å². The van der Waals surface area contributed by atoms with Crippen LogP contribution in [-0.4, -0.2) is 27.8 Å². The van der Waals surface area contributed by atoms with E-state index in [1.807, 2.05) is 20.0 Å². The molecule has 1 aliphatic heterocycles. The number of nitrogens with one attached hydrogen (secondary N) is 2. The van der Waals surface area contributed by atoms with Gasteiger partial charge in [-0.05, 0) is 38.8 Å². The summed E-state index contributed by atoms with van der Waals surface area (Å²) in [6.45, 7) is 3.44. The van der Waals surface area contributed by atoms with E-state index >= 15 is 0 Å². The number of carbonyl (C=O) groups is 1. The summed E-state index contributed by atoms with van der Waals surface area (Å²) in [6, 6.07) is 1.91. The molecule has 1 aromatic rings. The molecule has 5 nitrogen and oxygen atoms in total. The van der Waals surface area contributed by atoms with Crippen LogP contribution < -0.4 is 10.6 Å². The van der Waals surface area contributed by atoms with Crippen molar-refractivity contribution in [3.63, 3.8) is 0 Å². The van der Waals surface area contributed by atoms with Gasteiger partial charge in [-0.25, -0.2) is 0 Å². The SMILES string of the molecule is Cn1nccc1CNC(=O)C1(C)CCCCN1. The van der Waals surface area contributed by atoms with Gasteiger partial charge in [0, 0.05) is 13.2 Å². The Kier molecular flexibility index (Phi) is 3.47. The van der Waals surface area contributed by atoms with Gasteiger partial charge in [-0.15, -0.1) is 0 Å². The highest BCUT2D eigenvalue weighted by Crippen LogP contribution is 2.18. The van der Waals surface area contributed by atoms with Gasteiger partial charge in [-0.1, -0.05) is 0 Å². The van der Waals surface area contributed by atoms with Crippen LogP contribution in [0.3, 0.4) is 0 Å². The van der Waals surface area contributed by atoms with Crippen molar-refractivity contribution in [2.45, 2.75) is 38.3 Å². The van der Waals surface area contributed by atoms with Crippen molar-refractivity contribution in [2.24, 2.45) is 7.05 Å². The van der Waals surface area contributed by atoms with Gasteiger partial charge in [0.2, 0.25) is 5.91 Å². The third-order valence-electron chi connectivity index (χ3n) is 3.47. The van der Waals surface area contributed by atoms with Crippen LogP contribution in [0.15, 0.2) is 12.3 Å². The fourth-order valence-electron chi connectivity index (χ4n) is 2.19. The second-order valence-electron chi connectivity index (χ2n) is 4.84. The fraction of sp³-hybridized carbons (Fsp3) is 0.667. The van der Waals surface area contributed by atoms with Crippen molar-refractivity contribution in [3.05, 3.63) is 18.0 Å². The fourth-order valence-corrected chi connectivity index (χ4v) is 2.19. The Morgan fingerprint density at radius 3 is 3.06 bits per heavy atom. The second-order valence-corrected chi connectivity index (χ2v) is 4.84. The first-order valence-corrected chi connectivity index (χ1v) is 6.12. The number of amides is 1. The Labute approximate surface area is 102 Å². The van der Waals surface area contributed by atoms with Gasteiger partial charge >= 0.3 is 0 Å². The first-order chi connectivity index (χ1) is 8.12. The van der Waals surface area contributed by atoms with E-state index in [4.69, 9.17) is 0 Å². The maximum atomic E-state index is 12.1. The summed E-state index contributed by atoms with van der Waals surface area (Å²) < 4.78 is 1.77. The van der Waals surface area contributed by atoms with E-state index in [0.29, 0.717) is 6.54 Å².